The Labute approximate surface area is 76.1 Å². The van der Waals surface area contributed by atoms with Crippen LogP contribution in [0.2, 0.25) is 0 Å². The Morgan fingerprint density at radius 3 is 2.62 bits per heavy atom. The predicted octanol–water partition coefficient (Wildman–Crippen LogP) is 0.295. The maximum atomic E-state index is 11.5. The van der Waals surface area contributed by atoms with Crippen LogP contribution >= 0.6 is 0 Å². The van der Waals surface area contributed by atoms with Crippen molar-refractivity contribution in [2.45, 2.75) is 19.3 Å². The summed E-state index contributed by atoms with van der Waals surface area (Å²) >= 11 is 0. The molecule has 0 spiro atoms. The second kappa shape index (κ2) is 2.84. The monoisotopic (exact) mass is 178 g/mol. The van der Waals surface area contributed by atoms with Crippen LogP contribution in [0.1, 0.15) is 19.3 Å². The Kier molecular flexibility index (Phi) is 1.80. The lowest BCUT2D eigenvalue weighted by atomic mass is 10.1. The molecule has 0 aromatic carbocycles. The lowest BCUT2D eigenvalue weighted by Gasteiger charge is -2.12. The summed E-state index contributed by atoms with van der Waals surface area (Å²) in [6.45, 7) is 0.437. The second-order valence-electron chi connectivity index (χ2n) is 3.57. The average Bonchev–Trinajstić information content (AvgIpc) is 2.89. The molecule has 4 heteroatoms. The van der Waals surface area contributed by atoms with Crippen LogP contribution in [-0.2, 0) is 9.59 Å². The Hall–Kier alpha value is -1.37. The number of carbonyl (C=O) groups is 2. The van der Waals surface area contributed by atoms with Crippen LogP contribution in [0.25, 0.3) is 0 Å². The molecule has 0 bridgehead atoms. The quantitative estimate of drug-likeness (QED) is 0.542. The number of imide groups is 1. The molecule has 0 radical (unpaired) electrons. The zero-order valence-corrected chi connectivity index (χ0v) is 7.19. The smallest absolute Gasteiger partial charge is 0.246 e. The normalized spacial score (nSPS) is 27.5. The summed E-state index contributed by atoms with van der Waals surface area (Å²) in [6.07, 6.45) is 2.31. The number of amides is 2. The standard InChI is InChI=1S/C9H10N2O2/c10-5-7-3-4-11(9(7)13)8(12)6-1-2-6/h6-7H,1-4H2. The molecular weight excluding hydrogens is 168 g/mol. The summed E-state index contributed by atoms with van der Waals surface area (Å²) in [5.41, 5.74) is 0. The molecular formula is C9H10N2O2. The van der Waals surface area contributed by atoms with Crippen LogP contribution in [0.3, 0.4) is 0 Å². The Morgan fingerprint density at radius 2 is 2.15 bits per heavy atom. The number of carbonyl (C=O) groups excluding carboxylic acids is 2. The molecule has 13 heavy (non-hydrogen) atoms. The van der Waals surface area contributed by atoms with Gasteiger partial charge in [-0.1, -0.05) is 0 Å². The first-order valence-corrected chi connectivity index (χ1v) is 4.49. The van der Waals surface area contributed by atoms with Gasteiger partial charge in [-0.25, -0.2) is 0 Å². The van der Waals surface area contributed by atoms with Crippen molar-refractivity contribution < 1.29 is 9.59 Å². The topological polar surface area (TPSA) is 61.2 Å². The second-order valence-corrected chi connectivity index (χ2v) is 3.57. The van der Waals surface area contributed by atoms with E-state index in [1.54, 1.807) is 0 Å². The summed E-state index contributed by atoms with van der Waals surface area (Å²) in [5, 5.41) is 8.58. The van der Waals surface area contributed by atoms with E-state index in [9.17, 15) is 9.59 Å². The van der Waals surface area contributed by atoms with Crippen molar-refractivity contribution in [1.29, 1.82) is 5.26 Å². The fraction of sp³-hybridized carbons (Fsp3) is 0.667. The van der Waals surface area contributed by atoms with E-state index in [2.05, 4.69) is 0 Å². The number of hydrogen-bond donors (Lipinski definition) is 0. The Balaban J connectivity index is 2.06. The highest BCUT2D eigenvalue weighted by Crippen LogP contribution is 2.33. The van der Waals surface area contributed by atoms with Crippen LogP contribution < -0.4 is 0 Å². The highest BCUT2D eigenvalue weighted by molar-refractivity contribution is 6.00. The number of rotatable bonds is 1. The lowest BCUT2D eigenvalue weighted by Crippen LogP contribution is -2.34. The SMILES string of the molecule is N#CC1CCN(C(=O)C2CC2)C1=O. The molecule has 0 N–H and O–H groups in total. The number of likely N-dealkylation sites (tertiary alicyclic amines) is 1. The van der Waals surface area contributed by atoms with E-state index < -0.39 is 5.92 Å². The minimum atomic E-state index is -0.581. The molecule has 2 amide bonds. The molecule has 2 rings (SSSR count). The zero-order chi connectivity index (χ0) is 9.42. The van der Waals surface area contributed by atoms with E-state index in [-0.39, 0.29) is 17.7 Å². The fourth-order valence-corrected chi connectivity index (χ4v) is 1.57. The van der Waals surface area contributed by atoms with Crippen molar-refractivity contribution in [2.75, 3.05) is 6.54 Å². The minimum absolute atomic E-state index is 0.0669. The molecule has 1 unspecified atom stereocenters. The Bertz CT molecular complexity index is 301. The third-order valence-corrected chi connectivity index (χ3v) is 2.55. The molecule has 4 nitrogen and oxygen atoms in total. The molecule has 2 aliphatic rings. The molecule has 0 aromatic rings. The third kappa shape index (κ3) is 1.31. The number of nitriles is 1. The molecule has 0 aromatic heterocycles. The van der Waals surface area contributed by atoms with Gasteiger partial charge in [0.2, 0.25) is 11.8 Å². The summed E-state index contributed by atoms with van der Waals surface area (Å²) in [6, 6.07) is 1.91. The van der Waals surface area contributed by atoms with Gasteiger partial charge in [0.25, 0.3) is 0 Å². The van der Waals surface area contributed by atoms with Gasteiger partial charge in [-0.15, -0.1) is 0 Å². The van der Waals surface area contributed by atoms with Crippen molar-refractivity contribution in [3.05, 3.63) is 0 Å². The average molecular weight is 178 g/mol. The van der Waals surface area contributed by atoms with Gasteiger partial charge >= 0.3 is 0 Å². The molecule has 1 aliphatic heterocycles. The fourth-order valence-electron chi connectivity index (χ4n) is 1.57. The zero-order valence-electron chi connectivity index (χ0n) is 7.19. The van der Waals surface area contributed by atoms with Crippen molar-refractivity contribution in [3.63, 3.8) is 0 Å². The highest BCUT2D eigenvalue weighted by Gasteiger charge is 2.41. The van der Waals surface area contributed by atoms with Crippen LogP contribution in [-0.4, -0.2) is 23.3 Å². The van der Waals surface area contributed by atoms with E-state index in [1.807, 2.05) is 6.07 Å². The van der Waals surface area contributed by atoms with Crippen LogP contribution in [0.4, 0.5) is 0 Å². The highest BCUT2D eigenvalue weighted by atomic mass is 16.2. The van der Waals surface area contributed by atoms with Crippen LogP contribution in [0.5, 0.6) is 0 Å². The van der Waals surface area contributed by atoms with E-state index in [0.29, 0.717) is 13.0 Å². The molecule has 1 saturated carbocycles. The molecule has 1 saturated heterocycles. The first-order chi connectivity index (χ1) is 6.24. The number of nitrogens with zero attached hydrogens (tertiary/aromatic N) is 2. The first kappa shape index (κ1) is 8.24. The van der Waals surface area contributed by atoms with E-state index in [4.69, 9.17) is 5.26 Å². The summed E-state index contributed by atoms with van der Waals surface area (Å²) in [7, 11) is 0. The van der Waals surface area contributed by atoms with Gasteiger partial charge in [-0.05, 0) is 19.3 Å². The molecule has 1 atom stereocenters. The van der Waals surface area contributed by atoms with Gasteiger partial charge in [0, 0.05) is 12.5 Å². The van der Waals surface area contributed by atoms with E-state index in [1.165, 1.54) is 4.90 Å². The largest absolute Gasteiger partial charge is 0.281 e. The van der Waals surface area contributed by atoms with Gasteiger partial charge in [0.05, 0.1) is 6.07 Å². The maximum Gasteiger partial charge on any atom is 0.246 e. The lowest BCUT2D eigenvalue weighted by molar-refractivity contribution is -0.143. The maximum absolute atomic E-state index is 11.5. The molecule has 1 heterocycles. The van der Waals surface area contributed by atoms with Crippen LogP contribution in [0.15, 0.2) is 0 Å². The third-order valence-electron chi connectivity index (χ3n) is 2.55. The molecule has 1 aliphatic carbocycles. The van der Waals surface area contributed by atoms with Crippen molar-refractivity contribution in [3.8, 4) is 6.07 Å². The Morgan fingerprint density at radius 1 is 1.46 bits per heavy atom. The summed E-state index contributed by atoms with van der Waals surface area (Å²) in [5.74, 6) is -0.869. The summed E-state index contributed by atoms with van der Waals surface area (Å²) in [4.78, 5) is 24.1. The van der Waals surface area contributed by atoms with Crippen molar-refractivity contribution in [1.82, 2.24) is 4.90 Å². The predicted molar refractivity (Wildman–Crippen MR) is 43.2 cm³/mol. The minimum Gasteiger partial charge on any atom is -0.281 e. The van der Waals surface area contributed by atoms with Gasteiger partial charge in [0.1, 0.15) is 5.92 Å². The van der Waals surface area contributed by atoms with Gasteiger partial charge in [0.15, 0.2) is 0 Å². The van der Waals surface area contributed by atoms with Crippen molar-refractivity contribution >= 4 is 11.8 Å². The van der Waals surface area contributed by atoms with E-state index >= 15 is 0 Å². The summed E-state index contributed by atoms with van der Waals surface area (Å²) < 4.78 is 0. The van der Waals surface area contributed by atoms with E-state index in [0.717, 1.165) is 12.8 Å². The van der Waals surface area contributed by atoms with Gasteiger partial charge in [-0.3, -0.25) is 14.5 Å². The van der Waals surface area contributed by atoms with Gasteiger partial charge in [-0.2, -0.15) is 5.26 Å². The van der Waals surface area contributed by atoms with Crippen LogP contribution in [0, 0.1) is 23.2 Å². The first-order valence-electron chi connectivity index (χ1n) is 4.49. The van der Waals surface area contributed by atoms with Crippen molar-refractivity contribution in [2.24, 2.45) is 11.8 Å². The number of hydrogen-bond acceptors (Lipinski definition) is 3. The molecule has 2 fully saturated rings. The molecule has 68 valence electrons. The van der Waals surface area contributed by atoms with Gasteiger partial charge < -0.3 is 0 Å².